The van der Waals surface area contributed by atoms with Gasteiger partial charge in [-0.15, -0.1) is 0 Å². The van der Waals surface area contributed by atoms with Crippen molar-refractivity contribution in [2.45, 2.75) is 18.0 Å². The van der Waals surface area contributed by atoms with Gasteiger partial charge >= 0.3 is 6.18 Å². The molecule has 0 radical (unpaired) electrons. The van der Waals surface area contributed by atoms with Crippen LogP contribution in [0.2, 0.25) is 0 Å². The number of hydrogen-bond acceptors (Lipinski definition) is 5. The zero-order chi connectivity index (χ0) is 24.3. The van der Waals surface area contributed by atoms with Crippen molar-refractivity contribution in [1.82, 2.24) is 14.7 Å². The van der Waals surface area contributed by atoms with E-state index in [9.17, 15) is 27.6 Å². The summed E-state index contributed by atoms with van der Waals surface area (Å²) >= 11 is 0.870. The van der Waals surface area contributed by atoms with Crippen molar-refractivity contribution in [2.75, 3.05) is 19.4 Å². The quantitative estimate of drug-likeness (QED) is 0.557. The molecule has 1 aromatic heterocycles. The summed E-state index contributed by atoms with van der Waals surface area (Å²) in [6.07, 6.45) is -4.66. The lowest BCUT2D eigenvalue weighted by atomic mass is 10.1. The summed E-state index contributed by atoms with van der Waals surface area (Å²) in [4.78, 5) is 39.2. The number of carbonyl (C=O) groups is 2. The molecule has 0 saturated heterocycles. The number of alkyl halides is 3. The highest BCUT2D eigenvalue weighted by Gasteiger charge is 2.34. The van der Waals surface area contributed by atoms with Crippen molar-refractivity contribution in [3.8, 4) is 5.69 Å². The minimum Gasteiger partial charge on any atom is -0.339 e. The number of carbonyl (C=O) groups excluding carboxylic acids is 2. The number of anilines is 1. The molecule has 0 spiro atoms. The number of amides is 2. The van der Waals surface area contributed by atoms with Crippen LogP contribution in [0.4, 0.5) is 23.7 Å². The Morgan fingerprint density at radius 3 is 2.36 bits per heavy atom. The van der Waals surface area contributed by atoms with Crippen LogP contribution < -0.4 is 10.7 Å². The Kier molecular flexibility index (Phi) is 6.92. The van der Waals surface area contributed by atoms with E-state index in [1.165, 1.54) is 36.1 Å². The molecule has 7 nitrogen and oxygen atoms in total. The molecule has 3 aromatic rings. The zero-order valence-electron chi connectivity index (χ0n) is 17.8. The van der Waals surface area contributed by atoms with Gasteiger partial charge in [0.2, 0.25) is 5.43 Å². The van der Waals surface area contributed by atoms with E-state index in [0.29, 0.717) is 4.90 Å². The van der Waals surface area contributed by atoms with Crippen LogP contribution >= 0.6 is 11.8 Å². The summed E-state index contributed by atoms with van der Waals surface area (Å²) < 4.78 is 41.4. The normalized spacial score (nSPS) is 11.2. The molecule has 1 heterocycles. The minimum atomic E-state index is -4.66. The molecule has 0 bridgehead atoms. The van der Waals surface area contributed by atoms with E-state index in [4.69, 9.17) is 0 Å². The fourth-order valence-electron chi connectivity index (χ4n) is 2.87. The molecule has 2 amide bonds. The molecule has 11 heteroatoms. The van der Waals surface area contributed by atoms with Gasteiger partial charge in [0, 0.05) is 30.8 Å². The fourth-order valence-corrected chi connectivity index (χ4v) is 3.62. The molecule has 0 fully saturated rings. The average molecular weight is 476 g/mol. The highest BCUT2D eigenvalue weighted by atomic mass is 32.2. The molecule has 2 aromatic carbocycles. The summed E-state index contributed by atoms with van der Waals surface area (Å²) in [6, 6.07) is 12.2. The Hall–Kier alpha value is -3.60. The van der Waals surface area contributed by atoms with Crippen molar-refractivity contribution in [3.63, 3.8) is 0 Å². The molecule has 1 N–H and O–H groups in total. The molecule has 0 saturated carbocycles. The van der Waals surface area contributed by atoms with Crippen LogP contribution in [0.3, 0.4) is 0 Å². The van der Waals surface area contributed by atoms with E-state index in [1.807, 2.05) is 0 Å². The van der Waals surface area contributed by atoms with Crippen molar-refractivity contribution < 1.29 is 22.8 Å². The maximum absolute atomic E-state index is 13.5. The highest BCUT2D eigenvalue weighted by Crippen LogP contribution is 2.34. The molecule has 33 heavy (non-hydrogen) atoms. The number of hydrogen-bond donors (Lipinski definition) is 1. The molecule has 0 aliphatic rings. The summed E-state index contributed by atoms with van der Waals surface area (Å²) in [7, 11) is 3.15. The number of rotatable bonds is 4. The van der Waals surface area contributed by atoms with Crippen LogP contribution in [-0.4, -0.2) is 39.9 Å². The summed E-state index contributed by atoms with van der Waals surface area (Å²) in [5.41, 5.74) is -2.23. The Morgan fingerprint density at radius 1 is 1.06 bits per heavy atom. The van der Waals surface area contributed by atoms with Crippen LogP contribution in [0.5, 0.6) is 0 Å². The van der Waals surface area contributed by atoms with E-state index in [2.05, 4.69) is 10.4 Å². The van der Waals surface area contributed by atoms with E-state index >= 15 is 0 Å². The van der Waals surface area contributed by atoms with E-state index < -0.39 is 28.8 Å². The van der Waals surface area contributed by atoms with E-state index in [0.717, 1.165) is 28.6 Å². The van der Waals surface area contributed by atoms with Crippen molar-refractivity contribution in [3.05, 3.63) is 81.8 Å². The zero-order valence-corrected chi connectivity index (χ0v) is 18.6. The minimum absolute atomic E-state index is 0.126. The van der Waals surface area contributed by atoms with Crippen LogP contribution in [0.15, 0.2) is 64.3 Å². The average Bonchev–Trinajstić information content (AvgIpc) is 2.74. The summed E-state index contributed by atoms with van der Waals surface area (Å²) in [5.74, 6) is -0.913. The first-order valence-electron chi connectivity index (χ1n) is 9.56. The molecular formula is C22H19F3N4O3S. The molecule has 172 valence electrons. The Morgan fingerprint density at radius 2 is 1.70 bits per heavy atom. The largest absolute Gasteiger partial charge is 0.418 e. The van der Waals surface area contributed by atoms with Gasteiger partial charge in [-0.25, -0.2) is 4.68 Å². The number of thioether (sulfide) groups is 1. The third-order valence-electron chi connectivity index (χ3n) is 4.46. The molecular weight excluding hydrogens is 457 g/mol. The lowest BCUT2D eigenvalue weighted by molar-refractivity contribution is -0.137. The van der Waals surface area contributed by atoms with Crippen molar-refractivity contribution >= 4 is 28.6 Å². The van der Waals surface area contributed by atoms with Crippen LogP contribution in [0.25, 0.3) is 5.69 Å². The summed E-state index contributed by atoms with van der Waals surface area (Å²) in [5, 5.41) is 6.19. The van der Waals surface area contributed by atoms with Crippen molar-refractivity contribution in [1.29, 1.82) is 0 Å². The number of halogens is 3. The Bertz CT molecular complexity index is 1270. The molecule has 0 atom stereocenters. The SMILES string of the molecule is Cc1cc(=O)c(C(=O)Nc2ccccc2SC(=O)N(C)C)nn1-c1ccccc1C(F)(F)F. The molecule has 0 aliphatic heterocycles. The molecule has 3 rings (SSSR count). The first kappa shape index (κ1) is 24.1. The second kappa shape index (κ2) is 9.49. The van der Waals surface area contributed by atoms with Crippen LogP contribution in [-0.2, 0) is 6.18 Å². The number of benzene rings is 2. The third-order valence-corrected chi connectivity index (χ3v) is 5.57. The predicted molar refractivity (Wildman–Crippen MR) is 119 cm³/mol. The number of nitrogens with one attached hydrogen (secondary N) is 1. The Balaban J connectivity index is 2.01. The number of para-hydroxylation sites is 2. The third kappa shape index (κ3) is 5.43. The van der Waals surface area contributed by atoms with Gasteiger partial charge in [0.25, 0.3) is 11.1 Å². The van der Waals surface area contributed by atoms with E-state index in [-0.39, 0.29) is 22.3 Å². The predicted octanol–water partition coefficient (Wildman–Crippen LogP) is 4.59. The number of aryl methyl sites for hydroxylation is 1. The van der Waals surface area contributed by atoms with Gasteiger partial charge in [-0.2, -0.15) is 18.3 Å². The van der Waals surface area contributed by atoms with Gasteiger partial charge in [0.15, 0.2) is 5.69 Å². The summed E-state index contributed by atoms with van der Waals surface area (Å²) in [6.45, 7) is 1.42. The lowest BCUT2D eigenvalue weighted by Crippen LogP contribution is -2.27. The van der Waals surface area contributed by atoms with Gasteiger partial charge in [-0.1, -0.05) is 24.3 Å². The fraction of sp³-hybridized carbons (Fsp3) is 0.182. The molecule has 0 unspecified atom stereocenters. The number of aromatic nitrogens is 2. The standard InChI is InChI=1S/C22H19F3N4O3S/c1-13-12-17(30)19(27-29(13)16-10-6-4-8-14(16)22(23,24)25)20(31)26-15-9-5-7-11-18(15)33-21(32)28(2)3/h4-12H,1-3H3,(H,26,31). The van der Waals surface area contributed by atoms with E-state index in [1.54, 1.807) is 32.3 Å². The monoisotopic (exact) mass is 476 g/mol. The van der Waals surface area contributed by atoms with Gasteiger partial charge in [0.05, 0.1) is 16.9 Å². The first-order valence-corrected chi connectivity index (χ1v) is 10.4. The van der Waals surface area contributed by atoms with Gasteiger partial charge in [0.1, 0.15) is 0 Å². The highest BCUT2D eigenvalue weighted by molar-refractivity contribution is 8.13. The smallest absolute Gasteiger partial charge is 0.339 e. The van der Waals surface area contributed by atoms with Crippen molar-refractivity contribution in [2.24, 2.45) is 0 Å². The Labute approximate surface area is 191 Å². The van der Waals surface area contributed by atoms with Crippen LogP contribution in [0, 0.1) is 6.92 Å². The topological polar surface area (TPSA) is 84.3 Å². The van der Waals surface area contributed by atoms with Gasteiger partial charge < -0.3 is 10.2 Å². The van der Waals surface area contributed by atoms with Crippen LogP contribution in [0.1, 0.15) is 21.7 Å². The molecule has 0 aliphatic carbocycles. The first-order chi connectivity index (χ1) is 15.5. The maximum Gasteiger partial charge on any atom is 0.418 e. The maximum atomic E-state index is 13.5. The lowest BCUT2D eigenvalue weighted by Gasteiger charge is -2.17. The second-order valence-corrected chi connectivity index (χ2v) is 8.13. The van der Waals surface area contributed by atoms with Gasteiger partial charge in [-0.3, -0.25) is 14.4 Å². The van der Waals surface area contributed by atoms with Gasteiger partial charge in [-0.05, 0) is 43.0 Å². The number of nitrogens with zero attached hydrogens (tertiary/aromatic N) is 3. The second-order valence-electron chi connectivity index (χ2n) is 7.14.